The van der Waals surface area contributed by atoms with Crippen LogP contribution in [0.2, 0.25) is 0 Å². The van der Waals surface area contributed by atoms with Crippen LogP contribution in [0.4, 0.5) is 5.13 Å². The van der Waals surface area contributed by atoms with Crippen molar-refractivity contribution in [3.8, 4) is 11.3 Å². The maximum atomic E-state index is 12.1. The molecule has 0 spiro atoms. The number of amides is 1. The predicted octanol–water partition coefficient (Wildman–Crippen LogP) is 4.65. The van der Waals surface area contributed by atoms with Gasteiger partial charge in [0.05, 0.1) is 18.1 Å². The molecule has 0 bridgehead atoms. The highest BCUT2D eigenvalue weighted by atomic mass is 32.1. The number of ether oxygens (including phenoxy) is 1. The smallest absolute Gasteiger partial charge is 0.250 e. The Bertz CT molecular complexity index is 979. The van der Waals surface area contributed by atoms with Crippen LogP contribution in [0, 0.1) is 13.8 Å². The van der Waals surface area contributed by atoms with Crippen LogP contribution in [0.25, 0.3) is 17.3 Å². The molecule has 0 unspecified atom stereocenters. The Morgan fingerprint density at radius 1 is 1.46 bits per heavy atom. The molecule has 1 atom stereocenters. The van der Waals surface area contributed by atoms with Crippen molar-refractivity contribution in [2.24, 2.45) is 0 Å². The summed E-state index contributed by atoms with van der Waals surface area (Å²) in [6.07, 6.45) is 7.19. The van der Waals surface area contributed by atoms with Gasteiger partial charge in [0.2, 0.25) is 5.91 Å². The Kier molecular flexibility index (Phi) is 5.45. The van der Waals surface area contributed by atoms with Crippen molar-refractivity contribution < 1.29 is 13.9 Å². The number of thiazole rings is 1. The van der Waals surface area contributed by atoms with Crippen molar-refractivity contribution in [3.63, 3.8) is 0 Å². The van der Waals surface area contributed by atoms with Gasteiger partial charge in [0.1, 0.15) is 5.76 Å². The van der Waals surface area contributed by atoms with E-state index >= 15 is 0 Å². The number of carbonyl (C=O) groups is 1. The maximum Gasteiger partial charge on any atom is 0.250 e. The molecule has 0 aromatic carbocycles. The molecule has 146 valence electrons. The number of aryl methyl sites for hydroxylation is 1. The summed E-state index contributed by atoms with van der Waals surface area (Å²) in [5.41, 5.74) is 4.34. The predicted molar refractivity (Wildman–Crippen MR) is 110 cm³/mol. The number of nitrogens with one attached hydrogen (secondary N) is 1. The molecule has 6 nitrogen and oxygen atoms in total. The van der Waals surface area contributed by atoms with Gasteiger partial charge >= 0.3 is 0 Å². The first-order chi connectivity index (χ1) is 13.6. The van der Waals surface area contributed by atoms with E-state index in [1.165, 1.54) is 28.8 Å². The highest BCUT2D eigenvalue weighted by Gasteiger charge is 2.20. The van der Waals surface area contributed by atoms with E-state index in [1.54, 1.807) is 24.5 Å². The van der Waals surface area contributed by atoms with Gasteiger partial charge in [-0.25, -0.2) is 4.98 Å². The quantitative estimate of drug-likeness (QED) is 0.615. The third kappa shape index (κ3) is 4.10. The first-order valence-electron chi connectivity index (χ1n) is 9.37. The molecule has 4 heterocycles. The molecular formula is C21H23N3O3S. The van der Waals surface area contributed by atoms with E-state index in [9.17, 15) is 4.79 Å². The lowest BCUT2D eigenvalue weighted by molar-refractivity contribution is -0.111. The second kappa shape index (κ2) is 8.16. The average Bonchev–Trinajstić information content (AvgIpc) is 3.46. The number of hydrogen-bond acceptors (Lipinski definition) is 5. The van der Waals surface area contributed by atoms with E-state index in [1.807, 2.05) is 5.38 Å². The third-order valence-electron chi connectivity index (χ3n) is 4.94. The minimum absolute atomic E-state index is 0.235. The van der Waals surface area contributed by atoms with Crippen molar-refractivity contribution in [3.05, 3.63) is 53.1 Å². The molecule has 3 aromatic rings. The fourth-order valence-electron chi connectivity index (χ4n) is 3.48. The first-order valence-corrected chi connectivity index (χ1v) is 10.2. The Hall–Kier alpha value is -2.64. The fourth-order valence-corrected chi connectivity index (χ4v) is 4.19. The number of nitrogens with zero attached hydrogens (tertiary/aromatic N) is 2. The summed E-state index contributed by atoms with van der Waals surface area (Å²) in [5, 5.41) is 5.36. The molecule has 28 heavy (non-hydrogen) atoms. The van der Waals surface area contributed by atoms with Crippen molar-refractivity contribution in [1.82, 2.24) is 9.55 Å². The molecule has 1 saturated heterocycles. The highest BCUT2D eigenvalue weighted by Crippen LogP contribution is 2.30. The Morgan fingerprint density at radius 2 is 2.36 bits per heavy atom. The summed E-state index contributed by atoms with van der Waals surface area (Å²) in [7, 11) is 0. The second-order valence-corrected chi connectivity index (χ2v) is 7.76. The van der Waals surface area contributed by atoms with Crippen molar-refractivity contribution in [2.45, 2.75) is 39.3 Å². The van der Waals surface area contributed by atoms with Crippen LogP contribution in [0.15, 0.2) is 40.3 Å². The minimum Gasteiger partial charge on any atom is -0.465 e. The van der Waals surface area contributed by atoms with E-state index in [4.69, 9.17) is 9.15 Å². The number of rotatable bonds is 6. The van der Waals surface area contributed by atoms with Crippen LogP contribution in [-0.2, 0) is 16.1 Å². The Morgan fingerprint density at radius 3 is 3.11 bits per heavy atom. The molecule has 3 aromatic heterocycles. The summed E-state index contributed by atoms with van der Waals surface area (Å²) < 4.78 is 13.3. The minimum atomic E-state index is -0.235. The topological polar surface area (TPSA) is 69.3 Å². The van der Waals surface area contributed by atoms with Crippen molar-refractivity contribution >= 4 is 28.5 Å². The summed E-state index contributed by atoms with van der Waals surface area (Å²) in [6.45, 7) is 5.96. The zero-order valence-corrected chi connectivity index (χ0v) is 16.8. The number of aromatic nitrogens is 2. The second-order valence-electron chi connectivity index (χ2n) is 6.91. The molecule has 1 aliphatic heterocycles. The molecule has 1 amide bonds. The van der Waals surface area contributed by atoms with Crippen LogP contribution < -0.4 is 5.32 Å². The lowest BCUT2D eigenvalue weighted by Gasteiger charge is -2.14. The lowest BCUT2D eigenvalue weighted by Crippen LogP contribution is -2.16. The number of furan rings is 1. The van der Waals surface area contributed by atoms with Gasteiger partial charge in [0.15, 0.2) is 5.13 Å². The molecule has 4 rings (SSSR count). The molecule has 0 saturated carbocycles. The third-order valence-corrected chi connectivity index (χ3v) is 5.69. The highest BCUT2D eigenvalue weighted by molar-refractivity contribution is 7.14. The molecule has 0 aliphatic carbocycles. The van der Waals surface area contributed by atoms with Crippen LogP contribution in [0.3, 0.4) is 0 Å². The van der Waals surface area contributed by atoms with E-state index < -0.39 is 0 Å². The zero-order chi connectivity index (χ0) is 19.5. The van der Waals surface area contributed by atoms with E-state index in [-0.39, 0.29) is 5.91 Å². The fraction of sp³-hybridized carbons (Fsp3) is 0.333. The Labute approximate surface area is 167 Å². The van der Waals surface area contributed by atoms with Gasteiger partial charge in [0.25, 0.3) is 0 Å². The van der Waals surface area contributed by atoms with Crippen molar-refractivity contribution in [2.75, 3.05) is 11.9 Å². The molecule has 1 fully saturated rings. The summed E-state index contributed by atoms with van der Waals surface area (Å²) in [4.78, 5) is 16.7. The zero-order valence-electron chi connectivity index (χ0n) is 16.0. The van der Waals surface area contributed by atoms with Gasteiger partial charge < -0.3 is 13.7 Å². The van der Waals surface area contributed by atoms with E-state index in [0.717, 1.165) is 37.3 Å². The monoisotopic (exact) mass is 397 g/mol. The Balaban J connectivity index is 1.46. The molecular weight excluding hydrogens is 374 g/mol. The largest absolute Gasteiger partial charge is 0.465 e. The lowest BCUT2D eigenvalue weighted by atomic mass is 10.2. The van der Waals surface area contributed by atoms with Crippen LogP contribution in [0.1, 0.15) is 30.0 Å². The first kappa shape index (κ1) is 18.7. The van der Waals surface area contributed by atoms with Crippen LogP contribution >= 0.6 is 11.3 Å². The van der Waals surface area contributed by atoms with Gasteiger partial charge in [-0.1, -0.05) is 0 Å². The maximum absolute atomic E-state index is 12.1. The SMILES string of the molecule is Cc1cc(-c2csc(NC(=O)/C=C/c3ccco3)n2)c(C)n1C[C@@H]1CCCO1. The number of hydrogen-bond donors (Lipinski definition) is 1. The van der Waals surface area contributed by atoms with Crippen molar-refractivity contribution in [1.29, 1.82) is 0 Å². The van der Waals surface area contributed by atoms with Gasteiger partial charge in [-0.2, -0.15) is 0 Å². The number of anilines is 1. The standard InChI is InChI=1S/C21H23N3O3S/c1-14-11-18(15(2)24(14)12-17-6-4-10-27-17)19-13-28-21(22-19)23-20(25)8-7-16-5-3-9-26-16/h3,5,7-9,11,13,17H,4,6,10,12H2,1-2H3,(H,22,23,25)/b8-7+/t17-/m0/s1. The van der Waals surface area contributed by atoms with Crippen LogP contribution in [0.5, 0.6) is 0 Å². The van der Waals surface area contributed by atoms with E-state index in [0.29, 0.717) is 17.0 Å². The molecule has 7 heteroatoms. The molecule has 0 radical (unpaired) electrons. The summed E-state index contributed by atoms with van der Waals surface area (Å²) >= 11 is 1.42. The van der Waals surface area contributed by atoms with Gasteiger partial charge in [0, 0.05) is 41.6 Å². The number of carbonyl (C=O) groups excluding carboxylic acids is 1. The van der Waals surface area contributed by atoms with E-state index in [2.05, 4.69) is 34.8 Å². The van der Waals surface area contributed by atoms with Crippen LogP contribution in [-0.4, -0.2) is 28.2 Å². The summed E-state index contributed by atoms with van der Waals surface area (Å²) in [5.74, 6) is 0.398. The summed E-state index contributed by atoms with van der Waals surface area (Å²) in [6, 6.07) is 5.72. The van der Waals surface area contributed by atoms with Gasteiger partial charge in [-0.15, -0.1) is 11.3 Å². The van der Waals surface area contributed by atoms with Gasteiger partial charge in [-0.05, 0) is 51.0 Å². The molecule has 1 aliphatic rings. The normalized spacial score (nSPS) is 16.9. The molecule has 1 N–H and O–H groups in total. The average molecular weight is 398 g/mol. The van der Waals surface area contributed by atoms with Gasteiger partial charge in [-0.3, -0.25) is 10.1 Å².